The first-order valence-electron chi connectivity index (χ1n) is 4.79. The molecule has 0 spiro atoms. The van der Waals surface area contributed by atoms with E-state index in [-0.39, 0.29) is 6.61 Å². The molecular weight excluding hydrogens is 228 g/mol. The third-order valence-corrected chi connectivity index (χ3v) is 2.88. The molecule has 1 aliphatic rings. The Labute approximate surface area is 96.9 Å². The highest BCUT2D eigenvalue weighted by Gasteiger charge is 2.31. The molecule has 0 saturated carbocycles. The van der Waals surface area contributed by atoms with E-state index < -0.39 is 17.4 Å². The number of benzene rings is 1. The molecule has 0 bridgehead atoms. The maximum absolute atomic E-state index is 11.5. The minimum atomic E-state index is -0.749. The van der Waals surface area contributed by atoms with Gasteiger partial charge in [0.25, 0.3) is 0 Å². The summed E-state index contributed by atoms with van der Waals surface area (Å²) in [6, 6.07) is 9.36. The van der Waals surface area contributed by atoms with Crippen LogP contribution >= 0.6 is 11.8 Å². The lowest BCUT2D eigenvalue weighted by atomic mass is 10.2. The van der Waals surface area contributed by atoms with Crippen LogP contribution in [-0.2, 0) is 20.9 Å². The molecule has 0 aliphatic carbocycles. The number of thioether (sulfide) groups is 1. The van der Waals surface area contributed by atoms with Gasteiger partial charge in [0.2, 0.25) is 6.10 Å². The first-order valence-corrected chi connectivity index (χ1v) is 5.78. The van der Waals surface area contributed by atoms with Crippen molar-refractivity contribution in [3.8, 4) is 0 Å². The van der Waals surface area contributed by atoms with Gasteiger partial charge in [-0.3, -0.25) is 0 Å². The van der Waals surface area contributed by atoms with Gasteiger partial charge < -0.3 is 9.47 Å². The molecular formula is C11H10O4S. The van der Waals surface area contributed by atoms with E-state index in [1.165, 1.54) is 0 Å². The summed E-state index contributed by atoms with van der Waals surface area (Å²) in [5, 5.41) is -0.415. The van der Waals surface area contributed by atoms with Crippen molar-refractivity contribution < 1.29 is 19.1 Å². The summed E-state index contributed by atoms with van der Waals surface area (Å²) < 4.78 is 9.79. The standard InChI is InChI=1S/C11H10O4S/c12-10(9-7-16-11(13)15-9)14-6-8-4-2-1-3-5-8/h1-5,9H,6-7H2. The number of rotatable bonds is 3. The van der Waals surface area contributed by atoms with E-state index in [1.807, 2.05) is 30.3 Å². The lowest BCUT2D eigenvalue weighted by Crippen LogP contribution is -2.24. The number of hydrogen-bond acceptors (Lipinski definition) is 5. The molecule has 0 aromatic heterocycles. The molecule has 16 heavy (non-hydrogen) atoms. The van der Waals surface area contributed by atoms with Gasteiger partial charge in [0.05, 0.1) is 5.75 Å². The van der Waals surface area contributed by atoms with E-state index in [9.17, 15) is 9.59 Å². The van der Waals surface area contributed by atoms with Crippen LogP contribution in [0.2, 0.25) is 0 Å². The summed E-state index contributed by atoms with van der Waals surface area (Å²) in [5.74, 6) is -0.144. The Kier molecular flexibility index (Phi) is 3.46. The third-order valence-electron chi connectivity index (χ3n) is 2.08. The van der Waals surface area contributed by atoms with E-state index in [0.29, 0.717) is 5.75 Å². The molecule has 1 heterocycles. The zero-order valence-electron chi connectivity index (χ0n) is 8.42. The van der Waals surface area contributed by atoms with Crippen LogP contribution in [0.5, 0.6) is 0 Å². The topological polar surface area (TPSA) is 52.6 Å². The molecule has 1 atom stereocenters. The average molecular weight is 238 g/mol. The van der Waals surface area contributed by atoms with Crippen LogP contribution in [0.4, 0.5) is 4.79 Å². The lowest BCUT2D eigenvalue weighted by molar-refractivity contribution is -0.152. The van der Waals surface area contributed by atoms with E-state index >= 15 is 0 Å². The fraction of sp³-hybridized carbons (Fsp3) is 0.273. The maximum Gasteiger partial charge on any atom is 0.368 e. The molecule has 0 radical (unpaired) electrons. The molecule has 1 saturated heterocycles. The first kappa shape index (κ1) is 11.0. The third kappa shape index (κ3) is 2.76. The molecule has 1 aromatic carbocycles. The van der Waals surface area contributed by atoms with Crippen LogP contribution in [0.15, 0.2) is 30.3 Å². The first-order chi connectivity index (χ1) is 7.75. The predicted molar refractivity (Wildman–Crippen MR) is 59.0 cm³/mol. The summed E-state index contributed by atoms with van der Waals surface area (Å²) in [7, 11) is 0. The van der Waals surface area contributed by atoms with Crippen LogP contribution in [0.25, 0.3) is 0 Å². The zero-order chi connectivity index (χ0) is 11.4. The summed E-state index contributed by atoms with van der Waals surface area (Å²) in [5.41, 5.74) is 0.910. The van der Waals surface area contributed by atoms with E-state index in [4.69, 9.17) is 9.47 Å². The molecule has 1 aliphatic heterocycles. The predicted octanol–water partition coefficient (Wildman–Crippen LogP) is 1.98. The molecule has 4 nitrogen and oxygen atoms in total. The van der Waals surface area contributed by atoms with Crippen molar-refractivity contribution in [3.05, 3.63) is 35.9 Å². The van der Waals surface area contributed by atoms with Gasteiger partial charge in [0.1, 0.15) is 6.61 Å². The van der Waals surface area contributed by atoms with E-state index in [2.05, 4.69) is 0 Å². The highest BCUT2D eigenvalue weighted by Crippen LogP contribution is 2.20. The number of carbonyl (C=O) groups excluding carboxylic acids is 2. The monoisotopic (exact) mass is 238 g/mol. The fourth-order valence-electron chi connectivity index (χ4n) is 1.27. The molecule has 5 heteroatoms. The number of cyclic esters (lactones) is 1. The summed E-state index contributed by atoms with van der Waals surface area (Å²) >= 11 is 0.993. The minimum absolute atomic E-state index is 0.207. The van der Waals surface area contributed by atoms with Crippen LogP contribution in [0, 0.1) is 0 Å². The van der Waals surface area contributed by atoms with Crippen molar-refractivity contribution in [2.24, 2.45) is 0 Å². The van der Waals surface area contributed by atoms with Gasteiger partial charge in [-0.1, -0.05) is 30.3 Å². The Morgan fingerprint density at radius 1 is 1.44 bits per heavy atom. The number of carbonyl (C=O) groups is 2. The van der Waals surface area contributed by atoms with Gasteiger partial charge in [-0.15, -0.1) is 0 Å². The highest BCUT2D eigenvalue weighted by atomic mass is 32.2. The molecule has 84 valence electrons. The Balaban J connectivity index is 1.82. The number of esters is 1. The smallest absolute Gasteiger partial charge is 0.368 e. The second-order valence-electron chi connectivity index (χ2n) is 3.26. The molecule has 1 aromatic rings. The van der Waals surface area contributed by atoms with Crippen LogP contribution in [0.3, 0.4) is 0 Å². The van der Waals surface area contributed by atoms with Crippen molar-refractivity contribution in [2.75, 3.05) is 5.75 Å². The lowest BCUT2D eigenvalue weighted by Gasteiger charge is -2.08. The van der Waals surface area contributed by atoms with Gasteiger partial charge in [-0.25, -0.2) is 9.59 Å². The Hall–Kier alpha value is -1.49. The second kappa shape index (κ2) is 5.03. The maximum atomic E-state index is 11.5. The summed E-state index contributed by atoms with van der Waals surface area (Å²) in [6.07, 6.45) is -0.749. The molecule has 1 unspecified atom stereocenters. The van der Waals surface area contributed by atoms with Crippen molar-refractivity contribution in [2.45, 2.75) is 12.7 Å². The second-order valence-corrected chi connectivity index (χ2v) is 4.22. The van der Waals surface area contributed by atoms with Crippen LogP contribution in [-0.4, -0.2) is 23.1 Å². The normalized spacial score (nSPS) is 19.2. The van der Waals surface area contributed by atoms with Crippen molar-refractivity contribution in [1.29, 1.82) is 0 Å². The largest absolute Gasteiger partial charge is 0.458 e. The zero-order valence-corrected chi connectivity index (χ0v) is 9.24. The summed E-state index contributed by atoms with van der Waals surface area (Å²) in [4.78, 5) is 22.2. The Bertz CT molecular complexity index is 390. The van der Waals surface area contributed by atoms with Crippen LogP contribution < -0.4 is 0 Å². The molecule has 0 amide bonds. The average Bonchev–Trinajstić information content (AvgIpc) is 2.74. The number of hydrogen-bond donors (Lipinski definition) is 0. The number of ether oxygens (including phenoxy) is 2. The molecule has 2 rings (SSSR count). The van der Waals surface area contributed by atoms with E-state index in [1.54, 1.807) is 0 Å². The van der Waals surface area contributed by atoms with Crippen LogP contribution in [0.1, 0.15) is 5.56 Å². The summed E-state index contributed by atoms with van der Waals surface area (Å²) in [6.45, 7) is 0.207. The van der Waals surface area contributed by atoms with E-state index in [0.717, 1.165) is 17.3 Å². The van der Waals surface area contributed by atoms with Gasteiger partial charge in [0, 0.05) is 0 Å². The quantitative estimate of drug-likeness (QED) is 0.754. The highest BCUT2D eigenvalue weighted by molar-refractivity contribution is 8.13. The van der Waals surface area contributed by atoms with Gasteiger partial charge in [0.15, 0.2) is 0 Å². The van der Waals surface area contributed by atoms with Gasteiger partial charge in [-0.2, -0.15) is 0 Å². The molecule has 1 fully saturated rings. The van der Waals surface area contributed by atoms with Crippen molar-refractivity contribution >= 4 is 23.0 Å². The van der Waals surface area contributed by atoms with Gasteiger partial charge in [-0.05, 0) is 17.3 Å². The van der Waals surface area contributed by atoms with Crippen molar-refractivity contribution in [1.82, 2.24) is 0 Å². The fourth-order valence-corrected chi connectivity index (χ4v) is 1.94. The SMILES string of the molecule is O=C1OC(C(=O)OCc2ccccc2)CS1. The molecule has 0 N–H and O–H groups in total. The van der Waals surface area contributed by atoms with Crippen molar-refractivity contribution in [3.63, 3.8) is 0 Å². The Morgan fingerprint density at radius 2 is 2.19 bits per heavy atom. The van der Waals surface area contributed by atoms with Gasteiger partial charge >= 0.3 is 11.3 Å². The Morgan fingerprint density at radius 3 is 2.81 bits per heavy atom. The minimum Gasteiger partial charge on any atom is -0.458 e.